The summed E-state index contributed by atoms with van der Waals surface area (Å²) in [5.74, 6) is -2.10. The molecule has 0 radical (unpaired) electrons. The molecule has 0 N–H and O–H groups in total. The van der Waals surface area contributed by atoms with Gasteiger partial charge in [0.25, 0.3) is 0 Å². The molecule has 0 spiro atoms. The van der Waals surface area contributed by atoms with Gasteiger partial charge in [-0.25, -0.2) is 19.2 Å². The largest absolute Gasteiger partial charge is 0.487 e. The van der Waals surface area contributed by atoms with E-state index in [2.05, 4.69) is 76.9 Å². The second-order valence-electron chi connectivity index (χ2n) is 10.8. The van der Waals surface area contributed by atoms with Crippen LogP contribution in [-0.4, -0.2) is 61.5 Å². The number of halogens is 4. The first-order chi connectivity index (χ1) is 22.5. The number of esters is 4. The Morgan fingerprint density at radius 1 is 0.646 bits per heavy atom. The van der Waals surface area contributed by atoms with E-state index in [4.69, 9.17) is 28.4 Å². The molecule has 2 atom stereocenters. The Balaban J connectivity index is 1.86. The zero-order valence-corrected chi connectivity index (χ0v) is 34.1. The highest BCUT2D eigenvalue weighted by atomic mass is 79.9. The highest BCUT2D eigenvalue weighted by molar-refractivity contribution is 9.14. The molecule has 0 bridgehead atoms. The van der Waals surface area contributed by atoms with Crippen LogP contribution in [0.25, 0.3) is 0 Å². The van der Waals surface area contributed by atoms with Crippen molar-refractivity contribution >= 4 is 110 Å². The van der Waals surface area contributed by atoms with E-state index < -0.39 is 35.1 Å². The maximum atomic E-state index is 12.6. The van der Waals surface area contributed by atoms with E-state index in [0.717, 1.165) is 0 Å². The molecule has 0 saturated heterocycles. The van der Waals surface area contributed by atoms with Crippen LogP contribution in [0.5, 0.6) is 11.5 Å². The second-order valence-corrected chi connectivity index (χ2v) is 15.9. The van der Waals surface area contributed by atoms with E-state index in [1.807, 2.05) is 0 Å². The molecule has 10 nitrogen and oxygen atoms in total. The molecule has 0 saturated carbocycles. The number of hydrogen-bond donors (Lipinski definition) is 0. The van der Waals surface area contributed by atoms with Crippen molar-refractivity contribution in [2.45, 2.75) is 38.9 Å². The summed E-state index contributed by atoms with van der Waals surface area (Å²) in [7, 11) is 0. The first-order valence-corrected chi connectivity index (χ1v) is 18.7. The summed E-state index contributed by atoms with van der Waals surface area (Å²) < 4.78 is 36.3. The van der Waals surface area contributed by atoms with Crippen LogP contribution < -0.4 is 9.47 Å². The minimum atomic E-state index is -1.44. The third-order valence-corrected chi connectivity index (χ3v) is 11.9. The van der Waals surface area contributed by atoms with Crippen LogP contribution in [0.2, 0.25) is 0 Å². The molecule has 2 heterocycles. The monoisotopic (exact) mass is 954 g/mol. The van der Waals surface area contributed by atoms with E-state index in [1.54, 1.807) is 48.9 Å². The van der Waals surface area contributed by atoms with Gasteiger partial charge in [0, 0.05) is 11.1 Å². The average Bonchev–Trinajstić information content (AvgIpc) is 3.77. The second kappa shape index (κ2) is 17.4. The first-order valence-electron chi connectivity index (χ1n) is 13.8. The van der Waals surface area contributed by atoms with Crippen molar-refractivity contribution in [3.63, 3.8) is 0 Å². The van der Waals surface area contributed by atoms with Gasteiger partial charge < -0.3 is 28.4 Å². The van der Waals surface area contributed by atoms with Gasteiger partial charge in [-0.3, -0.25) is 0 Å². The summed E-state index contributed by atoms with van der Waals surface area (Å²) in [6, 6.07) is 6.67. The lowest BCUT2D eigenvalue weighted by molar-refractivity contribution is -0.161. The summed E-state index contributed by atoms with van der Waals surface area (Å²) in [4.78, 5) is 51.0. The van der Waals surface area contributed by atoms with Crippen LogP contribution in [0, 0.1) is 0 Å². The lowest BCUT2D eigenvalue weighted by Crippen LogP contribution is -2.43. The Morgan fingerprint density at radius 3 is 1.33 bits per heavy atom. The predicted octanol–water partition coefficient (Wildman–Crippen LogP) is 9.09. The van der Waals surface area contributed by atoms with Gasteiger partial charge in [-0.15, -0.1) is 22.7 Å². The van der Waals surface area contributed by atoms with Crippen molar-refractivity contribution in [1.29, 1.82) is 0 Å². The minimum absolute atomic E-state index is 0.145. The fourth-order valence-electron chi connectivity index (χ4n) is 3.49. The van der Waals surface area contributed by atoms with Gasteiger partial charge in [0.2, 0.25) is 0 Å². The number of rotatable bonds is 16. The Bertz CT molecular complexity index is 1570. The molecule has 16 heteroatoms. The van der Waals surface area contributed by atoms with Gasteiger partial charge in [-0.2, -0.15) is 0 Å². The van der Waals surface area contributed by atoms with Crippen LogP contribution in [-0.2, 0) is 28.5 Å². The molecule has 48 heavy (non-hydrogen) atoms. The van der Waals surface area contributed by atoms with E-state index in [-0.39, 0.29) is 49.1 Å². The summed E-state index contributed by atoms with van der Waals surface area (Å²) in [6.07, 6.45) is 0. The lowest BCUT2D eigenvalue weighted by atomic mass is 10.1. The Hall–Kier alpha value is -2.50. The van der Waals surface area contributed by atoms with Crippen molar-refractivity contribution < 1.29 is 47.6 Å². The number of carbonyl (C=O) groups is 4. The highest BCUT2D eigenvalue weighted by Crippen LogP contribution is 2.51. The van der Waals surface area contributed by atoms with Crippen LogP contribution in [0.4, 0.5) is 0 Å². The average molecular weight is 958 g/mol. The lowest BCUT2D eigenvalue weighted by Gasteiger charge is -2.31. The Morgan fingerprint density at radius 2 is 1.02 bits per heavy atom. The number of ether oxygens (including phenoxy) is 6. The fraction of sp³-hybridized carbons (Fsp3) is 0.312. The maximum Gasteiger partial charge on any atom is 0.348 e. The maximum absolute atomic E-state index is 12.6. The molecule has 0 fully saturated rings. The van der Waals surface area contributed by atoms with Crippen molar-refractivity contribution in [3.05, 3.63) is 87.0 Å². The number of carbonyl (C=O) groups excluding carboxylic acids is 4. The smallest absolute Gasteiger partial charge is 0.348 e. The summed E-state index contributed by atoms with van der Waals surface area (Å²) >= 11 is 16.5. The van der Waals surface area contributed by atoms with Crippen LogP contribution in [0.3, 0.4) is 0 Å². The van der Waals surface area contributed by atoms with Crippen molar-refractivity contribution in [2.75, 3.05) is 26.4 Å². The molecule has 0 amide bonds. The standard InChI is InChI=1S/C32H30Br4O10S2/c1-17(2)27(37)45-31(5,15-43-29(39)19-9-7-11-47-19)13-41-25-22(34)21(33)23(35)26(24(25)36)42-14-32(6,46-28(38)18(3)4)16-44-30(40)20-10-8-12-48-20/h7-12H,1,3,13-16H2,2,4-6H3. The minimum Gasteiger partial charge on any atom is -0.487 e. The molecule has 2 aromatic heterocycles. The highest BCUT2D eigenvalue weighted by Gasteiger charge is 2.36. The zero-order chi connectivity index (χ0) is 35.8. The molecule has 3 rings (SSSR count). The molecule has 1 aromatic carbocycles. The fourth-order valence-corrected chi connectivity index (χ4v) is 7.52. The number of benzene rings is 1. The van der Waals surface area contributed by atoms with Crippen LogP contribution in [0.15, 0.2) is 77.2 Å². The van der Waals surface area contributed by atoms with E-state index in [9.17, 15) is 19.2 Å². The molecular formula is C32H30Br4O10S2. The first kappa shape index (κ1) is 39.9. The molecule has 0 aliphatic carbocycles. The van der Waals surface area contributed by atoms with E-state index in [1.165, 1.54) is 36.5 Å². The number of thiophene rings is 2. The third-order valence-electron chi connectivity index (χ3n) is 6.06. The van der Waals surface area contributed by atoms with E-state index >= 15 is 0 Å². The van der Waals surface area contributed by atoms with Gasteiger partial charge in [0.05, 0.1) is 13.4 Å². The third kappa shape index (κ3) is 10.7. The predicted molar refractivity (Wildman–Crippen MR) is 196 cm³/mol. The van der Waals surface area contributed by atoms with Gasteiger partial charge >= 0.3 is 23.9 Å². The van der Waals surface area contributed by atoms with Gasteiger partial charge in [0.15, 0.2) is 22.7 Å². The van der Waals surface area contributed by atoms with Crippen molar-refractivity contribution in [1.82, 2.24) is 0 Å². The quantitative estimate of drug-likeness (QED) is 0.0452. The van der Waals surface area contributed by atoms with E-state index in [0.29, 0.717) is 27.6 Å². The Kier molecular flexibility index (Phi) is 14.5. The van der Waals surface area contributed by atoms with Gasteiger partial charge in [0.1, 0.15) is 40.7 Å². The summed E-state index contributed by atoms with van der Waals surface area (Å²) in [6.45, 7) is 12.2. The van der Waals surface area contributed by atoms with Crippen LogP contribution >= 0.6 is 86.4 Å². The van der Waals surface area contributed by atoms with Gasteiger partial charge in [-0.1, -0.05) is 25.3 Å². The molecule has 3 aromatic rings. The summed E-state index contributed by atoms with van der Waals surface area (Å²) in [5.41, 5.74) is -2.59. The normalized spacial score (nSPS) is 13.3. The Labute approximate surface area is 319 Å². The van der Waals surface area contributed by atoms with Crippen LogP contribution in [0.1, 0.15) is 47.0 Å². The topological polar surface area (TPSA) is 124 Å². The van der Waals surface area contributed by atoms with Gasteiger partial charge in [-0.05, 0) is 114 Å². The zero-order valence-electron chi connectivity index (χ0n) is 26.1. The molecular weight excluding hydrogens is 928 g/mol. The molecule has 258 valence electrons. The SMILES string of the molecule is C=C(C)C(=O)OC(C)(COC(=O)c1cccs1)COc1c(Br)c(Br)c(Br)c(OCC(C)(COC(=O)c2cccs2)OC(=O)C(=C)C)c1Br. The van der Waals surface area contributed by atoms with Crippen molar-refractivity contribution in [2.24, 2.45) is 0 Å². The van der Waals surface area contributed by atoms with Crippen molar-refractivity contribution in [3.8, 4) is 11.5 Å². The molecule has 0 aliphatic rings. The summed E-state index contributed by atoms with van der Waals surface area (Å²) in [5, 5.41) is 3.48. The molecule has 2 unspecified atom stereocenters. The number of hydrogen-bond acceptors (Lipinski definition) is 12. The molecule has 0 aliphatic heterocycles.